The summed E-state index contributed by atoms with van der Waals surface area (Å²) in [5.41, 5.74) is 9.64. The lowest BCUT2D eigenvalue weighted by Crippen LogP contribution is -2.35. The predicted octanol–water partition coefficient (Wildman–Crippen LogP) is 9.70. The fourth-order valence-electron chi connectivity index (χ4n) is 5.60. The Balaban J connectivity index is 1.33. The molecule has 0 saturated heterocycles. The number of carbonyl (C=O) groups excluding carboxylic acids is 1. The third kappa shape index (κ3) is 5.82. The van der Waals surface area contributed by atoms with Crippen molar-refractivity contribution in [2.75, 3.05) is 0 Å². The second kappa shape index (κ2) is 11.6. The molecule has 0 aromatic heterocycles. The molecular formula is C39H36N2O. The molecule has 6 rings (SSSR count). The molecule has 0 bridgehead atoms. The first-order valence-corrected chi connectivity index (χ1v) is 14.7. The fraction of sp³-hybridized carbons (Fsp3) is 0.179. The molecule has 1 heterocycles. The van der Waals surface area contributed by atoms with Gasteiger partial charge in [-0.25, -0.2) is 5.01 Å². The smallest absolute Gasteiger partial charge is 0.267 e. The predicted molar refractivity (Wildman–Crippen MR) is 174 cm³/mol. The highest BCUT2D eigenvalue weighted by molar-refractivity contribution is 6.03. The Morgan fingerprint density at radius 3 is 1.62 bits per heavy atom. The molecule has 1 aliphatic heterocycles. The van der Waals surface area contributed by atoms with Crippen molar-refractivity contribution in [3.63, 3.8) is 0 Å². The number of carbonyl (C=O) groups is 1. The number of nitrogens with zero attached hydrogens (tertiary/aromatic N) is 2. The zero-order valence-corrected chi connectivity index (χ0v) is 24.5. The molecule has 0 unspecified atom stereocenters. The van der Waals surface area contributed by atoms with Crippen LogP contribution in [0, 0.1) is 0 Å². The minimum Gasteiger partial charge on any atom is -0.267 e. The highest BCUT2D eigenvalue weighted by atomic mass is 16.2. The van der Waals surface area contributed by atoms with Gasteiger partial charge in [-0.1, -0.05) is 142 Å². The largest absolute Gasteiger partial charge is 0.274 e. The molecule has 1 amide bonds. The van der Waals surface area contributed by atoms with Gasteiger partial charge in [-0.2, -0.15) is 5.10 Å². The Kier molecular flexibility index (Phi) is 7.58. The van der Waals surface area contributed by atoms with Gasteiger partial charge < -0.3 is 0 Å². The second-order valence-electron chi connectivity index (χ2n) is 12.0. The van der Waals surface area contributed by atoms with Crippen LogP contribution in [0.4, 0.5) is 0 Å². The average Bonchev–Trinajstić information content (AvgIpc) is 3.05. The molecule has 42 heavy (non-hydrogen) atoms. The van der Waals surface area contributed by atoms with Crippen LogP contribution < -0.4 is 0 Å². The summed E-state index contributed by atoms with van der Waals surface area (Å²) < 4.78 is 0. The highest BCUT2D eigenvalue weighted by Gasteiger charge is 2.31. The van der Waals surface area contributed by atoms with Crippen LogP contribution in [0.15, 0.2) is 139 Å². The molecule has 1 atom stereocenters. The van der Waals surface area contributed by atoms with Gasteiger partial charge in [-0.15, -0.1) is 0 Å². The van der Waals surface area contributed by atoms with E-state index < -0.39 is 0 Å². The topological polar surface area (TPSA) is 32.7 Å². The third-order valence-electron chi connectivity index (χ3n) is 8.11. The first-order chi connectivity index (χ1) is 20.4. The molecule has 5 aromatic carbocycles. The van der Waals surface area contributed by atoms with Gasteiger partial charge in [0.25, 0.3) is 5.91 Å². The van der Waals surface area contributed by atoms with Crippen LogP contribution in [0.25, 0.3) is 22.3 Å². The van der Waals surface area contributed by atoms with Crippen LogP contribution in [0.5, 0.6) is 0 Å². The summed E-state index contributed by atoms with van der Waals surface area (Å²) in [6, 6.07) is 45.7. The van der Waals surface area contributed by atoms with E-state index in [1.807, 2.05) is 24.3 Å². The molecule has 0 N–H and O–H groups in total. The van der Waals surface area contributed by atoms with Crippen molar-refractivity contribution in [3.05, 3.63) is 156 Å². The van der Waals surface area contributed by atoms with Gasteiger partial charge >= 0.3 is 0 Å². The molecule has 5 aromatic rings. The molecule has 3 heteroatoms. The number of rotatable bonds is 5. The lowest BCUT2D eigenvalue weighted by molar-refractivity contribution is 0.0660. The molecule has 0 radical (unpaired) electrons. The summed E-state index contributed by atoms with van der Waals surface area (Å²) in [6.07, 6.45) is 1.60. The van der Waals surface area contributed by atoms with Crippen molar-refractivity contribution >= 4 is 11.6 Å². The molecule has 0 spiro atoms. The van der Waals surface area contributed by atoms with E-state index >= 15 is 0 Å². The normalized spacial score (nSPS) is 15.3. The Bertz CT molecular complexity index is 1680. The van der Waals surface area contributed by atoms with Crippen LogP contribution in [0.2, 0.25) is 0 Å². The number of hydrogen-bond acceptors (Lipinski definition) is 2. The Morgan fingerprint density at radius 1 is 0.619 bits per heavy atom. The Hall–Kier alpha value is -4.76. The minimum atomic E-state index is -0.142. The van der Waals surface area contributed by atoms with Crippen LogP contribution >= 0.6 is 0 Å². The maximum Gasteiger partial charge on any atom is 0.274 e. The molecule has 208 valence electrons. The SMILES string of the molecule is CC(C)(C)c1ccc(C(=O)N2N=C(c3ccc(-c4ccccc4)cc3)CC[C@@H]2c2ccc(-c3ccccc3)cc2)cc1. The van der Waals surface area contributed by atoms with Crippen molar-refractivity contribution in [2.24, 2.45) is 5.10 Å². The van der Waals surface area contributed by atoms with E-state index in [9.17, 15) is 4.79 Å². The standard InChI is InChI=1S/C39H36N2O/c1-39(2,3)35-24-22-34(23-25-35)38(42)41-37(33-20-16-31(17-21-33)29-12-8-5-9-13-29)27-26-36(40-41)32-18-14-30(15-19-32)28-10-6-4-7-11-28/h4-25,37H,26-27H2,1-3H3/t37-/m1/s1. The first kappa shape index (κ1) is 27.4. The van der Waals surface area contributed by atoms with Gasteiger partial charge in [0.1, 0.15) is 0 Å². The summed E-state index contributed by atoms with van der Waals surface area (Å²) >= 11 is 0. The number of hydrazone groups is 1. The van der Waals surface area contributed by atoms with Crippen molar-refractivity contribution in [1.29, 1.82) is 0 Å². The summed E-state index contributed by atoms with van der Waals surface area (Å²) in [6.45, 7) is 6.55. The van der Waals surface area contributed by atoms with Gasteiger partial charge in [-0.3, -0.25) is 4.79 Å². The summed E-state index contributed by atoms with van der Waals surface area (Å²) in [5, 5.41) is 6.76. The molecule has 0 fully saturated rings. The zero-order chi connectivity index (χ0) is 29.1. The molecule has 3 nitrogen and oxygen atoms in total. The van der Waals surface area contributed by atoms with Gasteiger partial charge in [0.05, 0.1) is 11.8 Å². The van der Waals surface area contributed by atoms with Crippen LogP contribution in [-0.4, -0.2) is 16.6 Å². The van der Waals surface area contributed by atoms with Gasteiger partial charge in [0.15, 0.2) is 0 Å². The summed E-state index contributed by atoms with van der Waals surface area (Å²) in [5.74, 6) is -0.0781. The van der Waals surface area contributed by atoms with Gasteiger partial charge in [-0.05, 0) is 69.3 Å². The van der Waals surface area contributed by atoms with E-state index in [-0.39, 0.29) is 17.4 Å². The van der Waals surface area contributed by atoms with Crippen LogP contribution in [-0.2, 0) is 5.41 Å². The highest BCUT2D eigenvalue weighted by Crippen LogP contribution is 2.35. The fourth-order valence-corrected chi connectivity index (χ4v) is 5.60. The maximum absolute atomic E-state index is 14.1. The van der Waals surface area contributed by atoms with E-state index in [0.717, 1.165) is 35.2 Å². The van der Waals surface area contributed by atoms with E-state index in [1.54, 1.807) is 5.01 Å². The number of benzene rings is 5. The lowest BCUT2D eigenvalue weighted by atomic mass is 9.86. The monoisotopic (exact) mass is 548 g/mol. The summed E-state index contributed by atoms with van der Waals surface area (Å²) in [4.78, 5) is 14.1. The van der Waals surface area contributed by atoms with E-state index in [2.05, 4.69) is 130 Å². The van der Waals surface area contributed by atoms with Crippen LogP contribution in [0.1, 0.15) is 66.7 Å². The lowest BCUT2D eigenvalue weighted by Gasteiger charge is -2.33. The zero-order valence-electron chi connectivity index (χ0n) is 24.5. The Labute approximate surface area is 249 Å². The van der Waals surface area contributed by atoms with E-state index in [0.29, 0.717) is 5.56 Å². The van der Waals surface area contributed by atoms with Gasteiger partial charge in [0.2, 0.25) is 0 Å². The molecule has 0 saturated carbocycles. The maximum atomic E-state index is 14.1. The average molecular weight is 549 g/mol. The third-order valence-corrected chi connectivity index (χ3v) is 8.11. The minimum absolute atomic E-state index is 0.0208. The van der Waals surface area contributed by atoms with Crippen molar-refractivity contribution in [1.82, 2.24) is 5.01 Å². The molecule has 1 aliphatic rings. The Morgan fingerprint density at radius 2 is 1.10 bits per heavy atom. The first-order valence-electron chi connectivity index (χ1n) is 14.7. The van der Waals surface area contributed by atoms with Crippen molar-refractivity contribution < 1.29 is 4.79 Å². The molecular weight excluding hydrogens is 512 g/mol. The van der Waals surface area contributed by atoms with Crippen molar-refractivity contribution in [2.45, 2.75) is 45.1 Å². The van der Waals surface area contributed by atoms with Crippen molar-refractivity contribution in [3.8, 4) is 22.3 Å². The second-order valence-corrected chi connectivity index (χ2v) is 12.0. The molecule has 0 aliphatic carbocycles. The number of amides is 1. The van der Waals surface area contributed by atoms with E-state index in [4.69, 9.17) is 5.10 Å². The van der Waals surface area contributed by atoms with E-state index in [1.165, 1.54) is 22.3 Å². The number of hydrogen-bond donors (Lipinski definition) is 0. The quantitative estimate of drug-likeness (QED) is 0.215. The van der Waals surface area contributed by atoms with Gasteiger partial charge in [0, 0.05) is 5.56 Å². The van der Waals surface area contributed by atoms with Crippen LogP contribution in [0.3, 0.4) is 0 Å². The summed E-state index contributed by atoms with van der Waals surface area (Å²) in [7, 11) is 0.